The molecule has 3 aromatic carbocycles. The summed E-state index contributed by atoms with van der Waals surface area (Å²) in [7, 11) is 1.54. The van der Waals surface area contributed by atoms with E-state index in [1.165, 1.54) is 18.5 Å². The first-order valence-corrected chi connectivity index (χ1v) is 11.1. The fraction of sp³-hybridized carbons (Fsp3) is 0.160. The van der Waals surface area contributed by atoms with E-state index < -0.39 is 11.7 Å². The van der Waals surface area contributed by atoms with Gasteiger partial charge in [-0.05, 0) is 54.8 Å². The number of ether oxygens (including phenoxy) is 2. The molecular weight excluding hydrogens is 475 g/mol. The number of hydrogen-bond donors (Lipinski definition) is 3. The first-order chi connectivity index (χ1) is 17.0. The zero-order valence-corrected chi connectivity index (χ0v) is 19.5. The Morgan fingerprint density at radius 2 is 1.89 bits per heavy atom. The lowest BCUT2D eigenvalue weighted by Gasteiger charge is -2.14. The van der Waals surface area contributed by atoms with E-state index in [-0.39, 0.29) is 11.4 Å². The highest BCUT2D eigenvalue weighted by atomic mass is 35.5. The third-order valence-electron chi connectivity index (χ3n) is 5.25. The maximum Gasteiger partial charge on any atom is 0.243 e. The van der Waals surface area contributed by atoms with E-state index in [9.17, 15) is 9.18 Å². The van der Waals surface area contributed by atoms with Gasteiger partial charge in [0.1, 0.15) is 23.7 Å². The number of amides is 1. The van der Waals surface area contributed by atoms with Crippen molar-refractivity contribution < 1.29 is 23.9 Å². The average Bonchev–Trinajstić information content (AvgIpc) is 2.87. The molecule has 0 atom stereocenters. The van der Waals surface area contributed by atoms with Crippen LogP contribution in [-0.4, -0.2) is 28.2 Å². The molecule has 0 aliphatic carbocycles. The number of rotatable bonds is 9. The second-order valence-corrected chi connectivity index (χ2v) is 8.04. The Labute approximate surface area is 205 Å². The van der Waals surface area contributed by atoms with Gasteiger partial charge in [-0.15, -0.1) is 0 Å². The Hall–Kier alpha value is -3.95. The van der Waals surface area contributed by atoms with Crippen molar-refractivity contribution in [2.45, 2.75) is 19.3 Å². The van der Waals surface area contributed by atoms with Gasteiger partial charge in [0.25, 0.3) is 0 Å². The van der Waals surface area contributed by atoms with E-state index in [1.807, 2.05) is 24.3 Å². The molecule has 0 spiro atoms. The van der Waals surface area contributed by atoms with Crippen LogP contribution in [0.1, 0.15) is 18.4 Å². The molecule has 1 aromatic heterocycles. The van der Waals surface area contributed by atoms with Gasteiger partial charge in [-0.3, -0.25) is 10.0 Å². The number of halogens is 2. The summed E-state index contributed by atoms with van der Waals surface area (Å²) in [5.74, 6) is 1.12. The number of fused-ring (bicyclic) bond motifs is 1. The summed E-state index contributed by atoms with van der Waals surface area (Å²) in [6.45, 7) is 0. The Bertz CT molecular complexity index is 1350. The molecule has 0 saturated heterocycles. The summed E-state index contributed by atoms with van der Waals surface area (Å²) < 4.78 is 25.1. The van der Waals surface area contributed by atoms with E-state index in [0.717, 1.165) is 5.56 Å². The largest absolute Gasteiger partial charge is 0.493 e. The summed E-state index contributed by atoms with van der Waals surface area (Å²) in [4.78, 5) is 19.8. The number of aromatic nitrogens is 2. The quantitative estimate of drug-likeness (QED) is 0.199. The molecule has 0 radical (unpaired) electrons. The van der Waals surface area contributed by atoms with E-state index in [0.29, 0.717) is 52.5 Å². The molecule has 180 valence electrons. The summed E-state index contributed by atoms with van der Waals surface area (Å²) >= 11 is 5.90. The van der Waals surface area contributed by atoms with Crippen LogP contribution in [0.15, 0.2) is 60.9 Å². The minimum Gasteiger partial charge on any atom is -0.493 e. The van der Waals surface area contributed by atoms with Crippen LogP contribution in [0.2, 0.25) is 5.02 Å². The van der Waals surface area contributed by atoms with E-state index in [1.54, 1.807) is 30.8 Å². The fourth-order valence-electron chi connectivity index (χ4n) is 3.47. The fourth-order valence-corrected chi connectivity index (χ4v) is 3.65. The van der Waals surface area contributed by atoms with Crippen LogP contribution in [0.5, 0.6) is 17.2 Å². The van der Waals surface area contributed by atoms with Gasteiger partial charge in [0, 0.05) is 23.6 Å². The standard InChI is InChI=1S/C25H22ClFN4O4/c1-34-22-13-21-18(25(29-14-28-21)30-16-7-10-20(27)19(26)11-16)12-23(22)35-17-8-5-15(6-9-17)3-2-4-24(32)31-33/h5-14,33H,2-4H2,1H3,(H,31,32)(H,28,29,30). The van der Waals surface area contributed by atoms with Crippen molar-refractivity contribution in [3.8, 4) is 17.2 Å². The molecule has 4 rings (SSSR count). The predicted molar refractivity (Wildman–Crippen MR) is 130 cm³/mol. The van der Waals surface area contributed by atoms with Gasteiger partial charge in [-0.25, -0.2) is 19.8 Å². The monoisotopic (exact) mass is 496 g/mol. The maximum atomic E-state index is 13.5. The lowest BCUT2D eigenvalue weighted by atomic mass is 10.1. The van der Waals surface area contributed by atoms with Crippen molar-refractivity contribution in [3.63, 3.8) is 0 Å². The van der Waals surface area contributed by atoms with Crippen molar-refractivity contribution in [1.29, 1.82) is 0 Å². The lowest BCUT2D eigenvalue weighted by Crippen LogP contribution is -2.18. The first-order valence-electron chi connectivity index (χ1n) is 10.7. The summed E-state index contributed by atoms with van der Waals surface area (Å²) in [6, 6.07) is 15.3. The molecule has 0 unspecified atom stereocenters. The van der Waals surface area contributed by atoms with Gasteiger partial charge >= 0.3 is 0 Å². The highest BCUT2D eigenvalue weighted by molar-refractivity contribution is 6.31. The van der Waals surface area contributed by atoms with Gasteiger partial charge in [0.2, 0.25) is 5.91 Å². The smallest absolute Gasteiger partial charge is 0.243 e. The molecule has 0 bridgehead atoms. The van der Waals surface area contributed by atoms with Crippen molar-refractivity contribution in [1.82, 2.24) is 15.4 Å². The highest BCUT2D eigenvalue weighted by Gasteiger charge is 2.13. The molecule has 8 nitrogen and oxygen atoms in total. The van der Waals surface area contributed by atoms with Gasteiger partial charge in [0.15, 0.2) is 11.5 Å². The van der Waals surface area contributed by atoms with Gasteiger partial charge in [-0.1, -0.05) is 23.7 Å². The van der Waals surface area contributed by atoms with Crippen molar-refractivity contribution >= 4 is 39.9 Å². The van der Waals surface area contributed by atoms with Crippen molar-refractivity contribution in [2.24, 2.45) is 0 Å². The minimum absolute atomic E-state index is 0.000775. The van der Waals surface area contributed by atoms with Crippen LogP contribution in [0.3, 0.4) is 0 Å². The van der Waals surface area contributed by atoms with Gasteiger partial charge < -0.3 is 14.8 Å². The van der Waals surface area contributed by atoms with Crippen LogP contribution in [0.25, 0.3) is 10.9 Å². The minimum atomic E-state index is -0.508. The van der Waals surface area contributed by atoms with Crippen LogP contribution in [-0.2, 0) is 11.2 Å². The number of aryl methyl sites for hydroxylation is 1. The molecule has 4 aromatic rings. The Morgan fingerprint density at radius 3 is 2.60 bits per heavy atom. The Kier molecular flexibility index (Phi) is 7.59. The topological polar surface area (TPSA) is 106 Å². The number of carbonyl (C=O) groups is 1. The van der Waals surface area contributed by atoms with Crippen molar-refractivity contribution in [3.05, 3.63) is 77.3 Å². The van der Waals surface area contributed by atoms with Gasteiger partial charge in [-0.2, -0.15) is 0 Å². The number of nitrogens with one attached hydrogen (secondary N) is 2. The molecule has 0 aliphatic heterocycles. The molecular formula is C25H22ClFN4O4. The number of nitrogens with zero attached hydrogens (tertiary/aromatic N) is 2. The van der Waals surface area contributed by atoms with Crippen LogP contribution >= 0.6 is 11.6 Å². The third-order valence-corrected chi connectivity index (χ3v) is 5.54. The van der Waals surface area contributed by atoms with E-state index in [2.05, 4.69) is 15.3 Å². The number of anilines is 2. The second kappa shape index (κ2) is 11.0. The average molecular weight is 497 g/mol. The molecule has 10 heteroatoms. The maximum absolute atomic E-state index is 13.5. The SMILES string of the molecule is COc1cc2ncnc(Nc3ccc(F)c(Cl)c3)c2cc1Oc1ccc(CCCC(=O)NO)cc1. The summed E-state index contributed by atoms with van der Waals surface area (Å²) in [5, 5.41) is 12.4. The second-order valence-electron chi connectivity index (χ2n) is 7.63. The van der Waals surface area contributed by atoms with Crippen LogP contribution < -0.4 is 20.3 Å². The molecule has 3 N–H and O–H groups in total. The lowest BCUT2D eigenvalue weighted by molar-refractivity contribution is -0.129. The molecule has 1 heterocycles. The molecule has 1 amide bonds. The molecule has 0 saturated carbocycles. The van der Waals surface area contributed by atoms with E-state index in [4.69, 9.17) is 26.3 Å². The summed E-state index contributed by atoms with van der Waals surface area (Å²) in [6.07, 6.45) is 2.96. The van der Waals surface area contributed by atoms with Crippen molar-refractivity contribution in [2.75, 3.05) is 12.4 Å². The molecule has 0 fully saturated rings. The number of hydrogen-bond acceptors (Lipinski definition) is 7. The third kappa shape index (κ3) is 5.95. The normalized spacial score (nSPS) is 10.7. The molecule has 35 heavy (non-hydrogen) atoms. The van der Waals surface area contributed by atoms with Crippen LogP contribution in [0.4, 0.5) is 15.9 Å². The van der Waals surface area contributed by atoms with E-state index >= 15 is 0 Å². The van der Waals surface area contributed by atoms with Crippen LogP contribution in [0, 0.1) is 5.82 Å². The summed E-state index contributed by atoms with van der Waals surface area (Å²) in [5.41, 5.74) is 3.86. The Balaban J connectivity index is 1.57. The van der Waals surface area contributed by atoms with Gasteiger partial charge in [0.05, 0.1) is 17.6 Å². The number of carbonyl (C=O) groups excluding carboxylic acids is 1. The highest BCUT2D eigenvalue weighted by Crippen LogP contribution is 2.37. The number of methoxy groups -OCH3 is 1. The number of benzene rings is 3. The Morgan fingerprint density at radius 1 is 1.09 bits per heavy atom. The molecule has 0 aliphatic rings. The zero-order valence-electron chi connectivity index (χ0n) is 18.7. The number of hydroxylamine groups is 1. The predicted octanol–water partition coefficient (Wildman–Crippen LogP) is 5.79. The first kappa shape index (κ1) is 24.2. The zero-order chi connectivity index (χ0) is 24.8.